The van der Waals surface area contributed by atoms with Gasteiger partial charge in [-0.05, 0) is 30.2 Å². The Bertz CT molecular complexity index is 582. The monoisotopic (exact) mass is 335 g/mol. The van der Waals surface area contributed by atoms with Crippen molar-refractivity contribution in [3.63, 3.8) is 0 Å². The molecule has 0 saturated carbocycles. The van der Waals surface area contributed by atoms with Gasteiger partial charge in [-0.2, -0.15) is 0 Å². The molecule has 0 aliphatic carbocycles. The number of carbonyl (C=O) groups excluding carboxylic acids is 3. The summed E-state index contributed by atoms with van der Waals surface area (Å²) in [6, 6.07) is 6.09. The van der Waals surface area contributed by atoms with Crippen molar-refractivity contribution >= 4 is 23.4 Å². The molecule has 0 aromatic heterocycles. The summed E-state index contributed by atoms with van der Waals surface area (Å²) >= 11 is 0. The number of ether oxygens (including phenoxy) is 1. The van der Waals surface area contributed by atoms with Crippen molar-refractivity contribution in [2.45, 2.75) is 26.8 Å². The van der Waals surface area contributed by atoms with Crippen LogP contribution in [0.1, 0.15) is 20.8 Å². The Labute approximate surface area is 142 Å². The van der Waals surface area contributed by atoms with Gasteiger partial charge in [-0.1, -0.05) is 13.8 Å². The molecule has 0 aliphatic heterocycles. The molecule has 0 bridgehead atoms. The first-order chi connectivity index (χ1) is 11.2. The van der Waals surface area contributed by atoms with Crippen molar-refractivity contribution in [1.82, 2.24) is 10.2 Å². The largest absolute Gasteiger partial charge is 0.484 e. The van der Waals surface area contributed by atoms with E-state index in [4.69, 9.17) is 4.74 Å². The predicted octanol–water partition coefficient (Wildman–Crippen LogP) is 1.25. The molecule has 0 aliphatic rings. The number of benzene rings is 1. The van der Waals surface area contributed by atoms with Crippen molar-refractivity contribution in [1.29, 1.82) is 0 Å². The molecule has 0 radical (unpaired) electrons. The molecule has 1 aromatic carbocycles. The van der Waals surface area contributed by atoms with Crippen LogP contribution in [0.25, 0.3) is 0 Å². The zero-order chi connectivity index (χ0) is 18.3. The first-order valence-electron chi connectivity index (χ1n) is 7.71. The fourth-order valence-electron chi connectivity index (χ4n) is 1.88. The lowest BCUT2D eigenvalue weighted by Gasteiger charge is -2.21. The number of hydrogen-bond acceptors (Lipinski definition) is 4. The second kappa shape index (κ2) is 8.90. The smallest absolute Gasteiger partial charge is 0.259 e. The molecule has 1 atom stereocenters. The summed E-state index contributed by atoms with van der Waals surface area (Å²) in [4.78, 5) is 36.4. The number of nitrogens with one attached hydrogen (secondary N) is 2. The van der Waals surface area contributed by atoms with Gasteiger partial charge in [0.05, 0.1) is 0 Å². The number of nitrogens with zero attached hydrogens (tertiary/aromatic N) is 1. The Morgan fingerprint density at radius 2 is 1.71 bits per heavy atom. The Morgan fingerprint density at radius 3 is 2.17 bits per heavy atom. The summed E-state index contributed by atoms with van der Waals surface area (Å²) in [6.07, 6.45) is 0. The lowest BCUT2D eigenvalue weighted by molar-refractivity contribution is -0.130. The van der Waals surface area contributed by atoms with Crippen LogP contribution in [0.2, 0.25) is 0 Å². The number of likely N-dealkylation sites (N-methyl/N-ethyl adjacent to an activating group) is 1. The maximum absolute atomic E-state index is 12.3. The third-order valence-electron chi connectivity index (χ3n) is 3.29. The van der Waals surface area contributed by atoms with Gasteiger partial charge in [-0.25, -0.2) is 0 Å². The van der Waals surface area contributed by atoms with E-state index in [1.54, 1.807) is 38.4 Å². The molecule has 1 unspecified atom stereocenters. The molecule has 132 valence electrons. The van der Waals surface area contributed by atoms with Crippen LogP contribution in [-0.2, 0) is 14.4 Å². The van der Waals surface area contributed by atoms with Crippen molar-refractivity contribution in [2.75, 3.05) is 26.0 Å². The second-order valence-electron chi connectivity index (χ2n) is 6.01. The average Bonchev–Trinajstić information content (AvgIpc) is 2.50. The third-order valence-corrected chi connectivity index (χ3v) is 3.29. The maximum Gasteiger partial charge on any atom is 0.259 e. The van der Waals surface area contributed by atoms with E-state index in [1.807, 2.05) is 13.8 Å². The van der Waals surface area contributed by atoms with Gasteiger partial charge >= 0.3 is 0 Å². The van der Waals surface area contributed by atoms with E-state index in [-0.39, 0.29) is 30.2 Å². The third kappa shape index (κ3) is 6.28. The molecule has 1 rings (SSSR count). The Kier molecular flexibility index (Phi) is 7.23. The summed E-state index contributed by atoms with van der Waals surface area (Å²) in [6.45, 7) is 5.05. The van der Waals surface area contributed by atoms with Crippen LogP contribution in [0.3, 0.4) is 0 Å². The van der Waals surface area contributed by atoms with Gasteiger partial charge in [0, 0.05) is 26.7 Å². The number of amides is 3. The van der Waals surface area contributed by atoms with Crippen molar-refractivity contribution in [3.8, 4) is 5.75 Å². The van der Waals surface area contributed by atoms with Crippen LogP contribution in [-0.4, -0.2) is 49.4 Å². The first kappa shape index (κ1) is 19.5. The van der Waals surface area contributed by atoms with Crippen molar-refractivity contribution in [3.05, 3.63) is 24.3 Å². The van der Waals surface area contributed by atoms with Gasteiger partial charge in [0.15, 0.2) is 6.61 Å². The molecular formula is C17H25N3O4. The molecule has 7 heteroatoms. The highest BCUT2D eigenvalue weighted by molar-refractivity contribution is 5.97. The number of rotatable bonds is 7. The summed E-state index contributed by atoms with van der Waals surface area (Å²) in [5.41, 5.74) is 0.585. The van der Waals surface area contributed by atoms with Crippen molar-refractivity contribution < 1.29 is 19.1 Å². The minimum Gasteiger partial charge on any atom is -0.484 e. The zero-order valence-electron chi connectivity index (χ0n) is 14.8. The average molecular weight is 335 g/mol. The minimum absolute atomic E-state index is 0.0337. The summed E-state index contributed by atoms with van der Waals surface area (Å²) < 4.78 is 5.37. The molecule has 1 aromatic rings. The number of anilines is 1. The fourth-order valence-corrected chi connectivity index (χ4v) is 1.88. The van der Waals surface area contributed by atoms with E-state index in [9.17, 15) is 14.4 Å². The normalized spacial score (nSPS) is 11.6. The molecule has 0 fully saturated rings. The van der Waals surface area contributed by atoms with Crippen LogP contribution in [0.4, 0.5) is 5.69 Å². The predicted molar refractivity (Wildman–Crippen MR) is 91.7 cm³/mol. The molecular weight excluding hydrogens is 310 g/mol. The SMILES string of the molecule is CC(=O)NC(C(=O)Nc1ccc(OCC(=O)N(C)C)cc1)C(C)C. The molecule has 0 spiro atoms. The highest BCUT2D eigenvalue weighted by Gasteiger charge is 2.22. The highest BCUT2D eigenvalue weighted by Crippen LogP contribution is 2.16. The topological polar surface area (TPSA) is 87.7 Å². The van der Waals surface area contributed by atoms with Gasteiger partial charge < -0.3 is 20.3 Å². The summed E-state index contributed by atoms with van der Waals surface area (Å²) in [5.74, 6) is -0.170. The fraction of sp³-hybridized carbons (Fsp3) is 0.471. The zero-order valence-corrected chi connectivity index (χ0v) is 14.8. The quantitative estimate of drug-likeness (QED) is 0.785. The molecule has 2 N–H and O–H groups in total. The van der Waals surface area contributed by atoms with E-state index in [0.717, 1.165) is 0 Å². The van der Waals surface area contributed by atoms with E-state index in [1.165, 1.54) is 11.8 Å². The first-order valence-corrected chi connectivity index (χ1v) is 7.71. The Hall–Kier alpha value is -2.57. The Balaban J connectivity index is 2.64. The Morgan fingerprint density at radius 1 is 1.12 bits per heavy atom. The van der Waals surface area contributed by atoms with E-state index >= 15 is 0 Å². The van der Waals surface area contributed by atoms with Crippen LogP contribution >= 0.6 is 0 Å². The van der Waals surface area contributed by atoms with Crippen molar-refractivity contribution in [2.24, 2.45) is 5.92 Å². The lowest BCUT2D eigenvalue weighted by atomic mass is 10.0. The van der Waals surface area contributed by atoms with Gasteiger partial charge in [0.25, 0.3) is 5.91 Å². The standard InChI is InChI=1S/C17H25N3O4/c1-11(2)16(18-12(3)21)17(23)19-13-6-8-14(9-7-13)24-10-15(22)20(4)5/h6-9,11,16H,10H2,1-5H3,(H,18,21)(H,19,23). The lowest BCUT2D eigenvalue weighted by Crippen LogP contribution is -2.46. The summed E-state index contributed by atoms with van der Waals surface area (Å²) in [5, 5.41) is 5.39. The summed E-state index contributed by atoms with van der Waals surface area (Å²) in [7, 11) is 3.31. The van der Waals surface area contributed by atoms with E-state index < -0.39 is 6.04 Å². The van der Waals surface area contributed by atoms with E-state index in [0.29, 0.717) is 11.4 Å². The van der Waals surface area contributed by atoms with Gasteiger partial charge in [0.1, 0.15) is 11.8 Å². The second-order valence-corrected chi connectivity index (χ2v) is 6.01. The van der Waals surface area contributed by atoms with Gasteiger partial charge in [0.2, 0.25) is 11.8 Å². The maximum atomic E-state index is 12.3. The molecule has 7 nitrogen and oxygen atoms in total. The van der Waals surface area contributed by atoms with Crippen LogP contribution in [0, 0.1) is 5.92 Å². The minimum atomic E-state index is -0.601. The van der Waals surface area contributed by atoms with Crippen LogP contribution in [0.5, 0.6) is 5.75 Å². The number of hydrogen-bond donors (Lipinski definition) is 2. The van der Waals surface area contributed by atoms with E-state index in [2.05, 4.69) is 10.6 Å². The van der Waals surface area contributed by atoms with Crippen LogP contribution in [0.15, 0.2) is 24.3 Å². The number of carbonyl (C=O) groups is 3. The van der Waals surface area contributed by atoms with Gasteiger partial charge in [-0.15, -0.1) is 0 Å². The van der Waals surface area contributed by atoms with Gasteiger partial charge in [-0.3, -0.25) is 14.4 Å². The highest BCUT2D eigenvalue weighted by atomic mass is 16.5. The molecule has 0 heterocycles. The molecule has 0 saturated heterocycles. The molecule has 3 amide bonds. The van der Waals surface area contributed by atoms with Crippen LogP contribution < -0.4 is 15.4 Å². The molecule has 24 heavy (non-hydrogen) atoms.